The Morgan fingerprint density at radius 3 is 2.37 bits per heavy atom. The zero-order valence-electron chi connectivity index (χ0n) is 16.3. The molecule has 1 saturated heterocycles. The van der Waals surface area contributed by atoms with Crippen molar-refractivity contribution in [1.82, 2.24) is 20.0 Å². The fourth-order valence-electron chi connectivity index (χ4n) is 3.66. The molecule has 7 heteroatoms. The van der Waals surface area contributed by atoms with Crippen LogP contribution >= 0.6 is 0 Å². The predicted octanol–water partition coefficient (Wildman–Crippen LogP) is 0.916. The average Bonchev–Trinajstić information content (AvgIpc) is 2.90. The standard InChI is InChI=1S/C20H28N4O3/c1-4-23-7-9-24(10-8-23)13-14(2)12-21-18(25)15-5-6-16-17(11-15)20(27)22(3)19(16)26/h5-6,11,14H,4,7-10,12-13H2,1-3H3,(H,21,25)/t14-/m1/s1. The van der Waals surface area contributed by atoms with E-state index in [4.69, 9.17) is 0 Å². The van der Waals surface area contributed by atoms with Crippen molar-refractivity contribution in [2.24, 2.45) is 5.92 Å². The molecule has 2 heterocycles. The number of hydrogen-bond donors (Lipinski definition) is 1. The number of benzene rings is 1. The Bertz CT molecular complexity index is 741. The molecular formula is C20H28N4O3. The highest BCUT2D eigenvalue weighted by molar-refractivity contribution is 6.21. The number of carbonyl (C=O) groups excluding carboxylic acids is 3. The molecule has 2 aliphatic heterocycles. The van der Waals surface area contributed by atoms with Crippen LogP contribution in [0.5, 0.6) is 0 Å². The van der Waals surface area contributed by atoms with Crippen molar-refractivity contribution >= 4 is 17.7 Å². The van der Waals surface area contributed by atoms with Crippen LogP contribution in [0, 0.1) is 5.92 Å². The van der Waals surface area contributed by atoms with Crippen LogP contribution in [0.3, 0.4) is 0 Å². The molecule has 0 radical (unpaired) electrons. The second-order valence-corrected chi connectivity index (χ2v) is 7.48. The monoisotopic (exact) mass is 372 g/mol. The zero-order chi connectivity index (χ0) is 19.6. The summed E-state index contributed by atoms with van der Waals surface area (Å²) in [5.74, 6) is -0.552. The van der Waals surface area contributed by atoms with E-state index in [0.717, 1.165) is 44.2 Å². The fraction of sp³-hybridized carbons (Fsp3) is 0.550. The molecule has 0 unspecified atom stereocenters. The van der Waals surface area contributed by atoms with Crippen molar-refractivity contribution in [3.63, 3.8) is 0 Å². The molecule has 146 valence electrons. The molecule has 0 spiro atoms. The van der Waals surface area contributed by atoms with Gasteiger partial charge >= 0.3 is 0 Å². The molecule has 3 amide bonds. The molecule has 7 nitrogen and oxygen atoms in total. The van der Waals surface area contributed by atoms with Crippen molar-refractivity contribution in [3.8, 4) is 0 Å². The third-order valence-corrected chi connectivity index (χ3v) is 5.44. The van der Waals surface area contributed by atoms with E-state index in [-0.39, 0.29) is 17.7 Å². The lowest BCUT2D eigenvalue weighted by atomic mass is 10.0. The number of nitrogens with zero attached hydrogens (tertiary/aromatic N) is 3. The van der Waals surface area contributed by atoms with Crippen LogP contribution in [0.15, 0.2) is 18.2 Å². The third kappa shape index (κ3) is 4.20. The molecular weight excluding hydrogens is 344 g/mol. The van der Waals surface area contributed by atoms with Gasteiger partial charge in [0.15, 0.2) is 0 Å². The first-order chi connectivity index (χ1) is 12.9. The maximum Gasteiger partial charge on any atom is 0.261 e. The zero-order valence-corrected chi connectivity index (χ0v) is 16.3. The van der Waals surface area contributed by atoms with Crippen LogP contribution < -0.4 is 5.32 Å². The summed E-state index contributed by atoms with van der Waals surface area (Å²) in [6, 6.07) is 4.68. The van der Waals surface area contributed by atoms with Crippen LogP contribution in [0.1, 0.15) is 44.9 Å². The van der Waals surface area contributed by atoms with Crippen molar-refractivity contribution in [1.29, 1.82) is 0 Å². The van der Waals surface area contributed by atoms with Crippen LogP contribution in [0.4, 0.5) is 0 Å². The van der Waals surface area contributed by atoms with E-state index >= 15 is 0 Å². The highest BCUT2D eigenvalue weighted by Crippen LogP contribution is 2.22. The third-order valence-electron chi connectivity index (χ3n) is 5.44. The maximum atomic E-state index is 12.5. The first kappa shape index (κ1) is 19.5. The molecule has 0 aromatic heterocycles. The molecule has 0 bridgehead atoms. The van der Waals surface area contributed by atoms with Crippen molar-refractivity contribution in [2.45, 2.75) is 13.8 Å². The van der Waals surface area contributed by atoms with Crippen molar-refractivity contribution in [2.75, 3.05) is 52.9 Å². The van der Waals surface area contributed by atoms with Crippen LogP contribution in [0.2, 0.25) is 0 Å². The smallest absolute Gasteiger partial charge is 0.261 e. The van der Waals surface area contributed by atoms with E-state index in [2.05, 4.69) is 29.0 Å². The van der Waals surface area contributed by atoms with Gasteiger partial charge in [-0.1, -0.05) is 13.8 Å². The van der Waals surface area contributed by atoms with Gasteiger partial charge in [0, 0.05) is 51.9 Å². The molecule has 1 aromatic rings. The van der Waals surface area contributed by atoms with Gasteiger partial charge in [0.2, 0.25) is 0 Å². The Kier molecular flexibility index (Phi) is 5.92. The number of fused-ring (bicyclic) bond motifs is 1. The minimum atomic E-state index is -0.357. The lowest BCUT2D eigenvalue weighted by molar-refractivity contribution is 0.0693. The fourth-order valence-corrected chi connectivity index (χ4v) is 3.66. The lowest BCUT2D eigenvalue weighted by Gasteiger charge is -2.35. The first-order valence-corrected chi connectivity index (χ1v) is 9.60. The summed E-state index contributed by atoms with van der Waals surface area (Å²) in [4.78, 5) is 42.4. The van der Waals surface area contributed by atoms with Gasteiger partial charge in [-0.15, -0.1) is 0 Å². The minimum absolute atomic E-state index is 0.213. The van der Waals surface area contributed by atoms with Crippen LogP contribution in [0.25, 0.3) is 0 Å². The molecule has 27 heavy (non-hydrogen) atoms. The Morgan fingerprint density at radius 2 is 1.70 bits per heavy atom. The number of likely N-dealkylation sites (N-methyl/N-ethyl adjacent to an activating group) is 1. The number of nitrogens with one attached hydrogen (secondary N) is 1. The molecule has 1 fully saturated rings. The van der Waals surface area contributed by atoms with Crippen LogP contribution in [-0.4, -0.2) is 85.3 Å². The Morgan fingerprint density at radius 1 is 1.07 bits per heavy atom. The van der Waals surface area contributed by atoms with E-state index in [9.17, 15) is 14.4 Å². The van der Waals surface area contributed by atoms with Gasteiger partial charge in [-0.05, 0) is 30.7 Å². The molecule has 2 aliphatic rings. The summed E-state index contributed by atoms with van der Waals surface area (Å²) < 4.78 is 0. The van der Waals surface area contributed by atoms with Crippen molar-refractivity contribution < 1.29 is 14.4 Å². The number of hydrogen-bond acceptors (Lipinski definition) is 5. The minimum Gasteiger partial charge on any atom is -0.352 e. The Balaban J connectivity index is 1.51. The van der Waals surface area contributed by atoms with Crippen LogP contribution in [-0.2, 0) is 0 Å². The van der Waals surface area contributed by atoms with E-state index in [1.165, 1.54) is 13.1 Å². The van der Waals surface area contributed by atoms with Crippen molar-refractivity contribution in [3.05, 3.63) is 34.9 Å². The highest BCUT2D eigenvalue weighted by atomic mass is 16.2. The number of piperazine rings is 1. The van der Waals surface area contributed by atoms with Gasteiger partial charge in [0.25, 0.3) is 17.7 Å². The summed E-state index contributed by atoms with van der Waals surface area (Å²) in [5.41, 5.74) is 1.07. The lowest BCUT2D eigenvalue weighted by Crippen LogP contribution is -2.48. The summed E-state index contributed by atoms with van der Waals surface area (Å²) in [6.45, 7) is 11.3. The van der Waals surface area contributed by atoms with Gasteiger partial charge in [-0.25, -0.2) is 0 Å². The van der Waals surface area contributed by atoms with E-state index in [1.807, 2.05) is 0 Å². The van der Waals surface area contributed by atoms with Gasteiger partial charge in [-0.3, -0.25) is 19.3 Å². The topological polar surface area (TPSA) is 73.0 Å². The molecule has 0 aliphatic carbocycles. The quantitative estimate of drug-likeness (QED) is 0.752. The largest absolute Gasteiger partial charge is 0.352 e. The number of carbonyl (C=O) groups is 3. The molecule has 0 saturated carbocycles. The average molecular weight is 372 g/mol. The van der Waals surface area contributed by atoms with Gasteiger partial charge in [0.05, 0.1) is 11.1 Å². The SMILES string of the molecule is CCN1CCN(C[C@H](C)CNC(=O)c2ccc3c(c2)C(=O)N(C)C3=O)CC1. The summed E-state index contributed by atoms with van der Waals surface area (Å²) >= 11 is 0. The number of imide groups is 1. The Hall–Kier alpha value is -2.25. The van der Waals surface area contributed by atoms with Gasteiger partial charge < -0.3 is 15.1 Å². The molecule has 1 N–H and O–H groups in total. The van der Waals surface area contributed by atoms with Gasteiger partial charge in [-0.2, -0.15) is 0 Å². The van der Waals surface area contributed by atoms with E-state index in [0.29, 0.717) is 29.2 Å². The summed E-state index contributed by atoms with van der Waals surface area (Å²) in [6.07, 6.45) is 0. The normalized spacial score (nSPS) is 19.3. The Labute approximate surface area is 160 Å². The first-order valence-electron chi connectivity index (χ1n) is 9.60. The molecule has 1 aromatic carbocycles. The molecule has 3 rings (SSSR count). The number of rotatable bonds is 6. The number of amides is 3. The summed E-state index contributed by atoms with van der Waals surface area (Å²) in [7, 11) is 1.45. The maximum absolute atomic E-state index is 12.5. The van der Waals surface area contributed by atoms with Gasteiger partial charge in [0.1, 0.15) is 0 Å². The van der Waals surface area contributed by atoms with E-state index < -0.39 is 0 Å². The second-order valence-electron chi connectivity index (χ2n) is 7.48. The second kappa shape index (κ2) is 8.19. The molecule has 1 atom stereocenters. The summed E-state index contributed by atoms with van der Waals surface area (Å²) in [5, 5.41) is 2.95. The highest BCUT2D eigenvalue weighted by Gasteiger charge is 2.33. The van der Waals surface area contributed by atoms with E-state index in [1.54, 1.807) is 12.1 Å². The predicted molar refractivity (Wildman–Crippen MR) is 103 cm³/mol.